The Labute approximate surface area is 186 Å². The van der Waals surface area contributed by atoms with E-state index in [2.05, 4.69) is 15.3 Å². The van der Waals surface area contributed by atoms with E-state index in [0.29, 0.717) is 49.4 Å². The van der Waals surface area contributed by atoms with Crippen LogP contribution in [-0.2, 0) is 11.3 Å². The van der Waals surface area contributed by atoms with Crippen molar-refractivity contribution in [3.63, 3.8) is 0 Å². The van der Waals surface area contributed by atoms with Crippen LogP contribution in [0.25, 0.3) is 11.4 Å². The van der Waals surface area contributed by atoms with Gasteiger partial charge in [-0.15, -0.1) is 0 Å². The normalized spacial score (nSPS) is 14.2. The maximum absolute atomic E-state index is 13.7. The van der Waals surface area contributed by atoms with Gasteiger partial charge in [0.15, 0.2) is 5.82 Å². The molecule has 0 spiro atoms. The van der Waals surface area contributed by atoms with Crippen molar-refractivity contribution in [1.82, 2.24) is 20.2 Å². The van der Waals surface area contributed by atoms with Gasteiger partial charge < -0.3 is 10.2 Å². The molecule has 1 fully saturated rings. The molecule has 7 heteroatoms. The zero-order valence-electron chi connectivity index (χ0n) is 17.9. The maximum atomic E-state index is 13.7. The number of aryl methyl sites for hydroxylation is 1. The summed E-state index contributed by atoms with van der Waals surface area (Å²) in [6.45, 7) is 2.99. The predicted octanol–water partition coefficient (Wildman–Crippen LogP) is 3.76. The Bertz CT molecular complexity index is 1090. The third-order valence-corrected chi connectivity index (χ3v) is 5.79. The van der Waals surface area contributed by atoms with Crippen molar-refractivity contribution in [2.45, 2.75) is 26.3 Å². The van der Waals surface area contributed by atoms with Crippen LogP contribution in [0.15, 0.2) is 60.9 Å². The van der Waals surface area contributed by atoms with Gasteiger partial charge in [0.2, 0.25) is 5.91 Å². The molecule has 0 radical (unpaired) electrons. The van der Waals surface area contributed by atoms with Gasteiger partial charge in [0.1, 0.15) is 5.82 Å². The zero-order valence-corrected chi connectivity index (χ0v) is 17.9. The standard InChI is InChI=1S/C25H25FN4O2/c1-17-7-8-18(13-22(17)26)14-29-24(31)20-9-11-30(12-10-20)25(32)21-15-27-23(28-16-21)19-5-3-2-4-6-19/h2-8,13,15-16,20H,9-12,14H2,1H3,(H,29,31). The van der Waals surface area contributed by atoms with Crippen molar-refractivity contribution in [1.29, 1.82) is 0 Å². The van der Waals surface area contributed by atoms with E-state index in [9.17, 15) is 14.0 Å². The van der Waals surface area contributed by atoms with Gasteiger partial charge in [0, 0.05) is 43.5 Å². The molecule has 0 atom stereocenters. The fraction of sp³-hybridized carbons (Fsp3) is 0.280. The van der Waals surface area contributed by atoms with Gasteiger partial charge in [-0.3, -0.25) is 9.59 Å². The Morgan fingerprint density at radius 2 is 1.75 bits per heavy atom. The molecule has 3 aromatic rings. The number of nitrogens with zero attached hydrogens (tertiary/aromatic N) is 3. The van der Waals surface area contributed by atoms with E-state index in [1.165, 1.54) is 6.07 Å². The number of likely N-dealkylation sites (tertiary alicyclic amines) is 1. The molecular weight excluding hydrogens is 407 g/mol. The van der Waals surface area contributed by atoms with Gasteiger partial charge in [0.05, 0.1) is 5.56 Å². The molecule has 0 bridgehead atoms. The van der Waals surface area contributed by atoms with Crippen LogP contribution in [0.4, 0.5) is 4.39 Å². The lowest BCUT2D eigenvalue weighted by molar-refractivity contribution is -0.126. The van der Waals surface area contributed by atoms with Crippen LogP contribution in [0.3, 0.4) is 0 Å². The van der Waals surface area contributed by atoms with E-state index in [1.54, 1.807) is 30.3 Å². The number of carbonyl (C=O) groups is 2. The monoisotopic (exact) mass is 432 g/mol. The second-order valence-corrected chi connectivity index (χ2v) is 8.03. The lowest BCUT2D eigenvalue weighted by Crippen LogP contribution is -2.43. The maximum Gasteiger partial charge on any atom is 0.256 e. The molecule has 2 heterocycles. The van der Waals surface area contributed by atoms with Crippen LogP contribution in [0, 0.1) is 18.7 Å². The van der Waals surface area contributed by atoms with Crippen LogP contribution in [-0.4, -0.2) is 39.8 Å². The number of carbonyl (C=O) groups excluding carboxylic acids is 2. The average Bonchev–Trinajstić information content (AvgIpc) is 2.85. The number of piperidine rings is 1. The highest BCUT2D eigenvalue weighted by Gasteiger charge is 2.28. The van der Waals surface area contributed by atoms with Crippen molar-refractivity contribution in [3.8, 4) is 11.4 Å². The van der Waals surface area contributed by atoms with E-state index >= 15 is 0 Å². The summed E-state index contributed by atoms with van der Waals surface area (Å²) in [7, 11) is 0. The number of aromatic nitrogens is 2. The fourth-order valence-corrected chi connectivity index (χ4v) is 3.78. The van der Waals surface area contributed by atoms with E-state index in [-0.39, 0.29) is 23.5 Å². The Balaban J connectivity index is 1.28. The van der Waals surface area contributed by atoms with Gasteiger partial charge in [-0.1, -0.05) is 42.5 Å². The molecule has 0 saturated carbocycles. The van der Waals surface area contributed by atoms with E-state index in [0.717, 1.165) is 11.1 Å². The SMILES string of the molecule is Cc1ccc(CNC(=O)C2CCN(C(=O)c3cnc(-c4ccccc4)nc3)CC2)cc1F. The number of hydrogen-bond donors (Lipinski definition) is 1. The average molecular weight is 432 g/mol. The Morgan fingerprint density at radius 3 is 2.41 bits per heavy atom. The minimum atomic E-state index is -0.274. The minimum absolute atomic E-state index is 0.0615. The molecule has 2 amide bonds. The van der Waals surface area contributed by atoms with E-state index in [4.69, 9.17) is 0 Å². The first-order chi connectivity index (χ1) is 15.5. The van der Waals surface area contributed by atoms with E-state index in [1.807, 2.05) is 36.4 Å². The number of rotatable bonds is 5. The molecule has 6 nitrogen and oxygen atoms in total. The molecule has 1 N–H and O–H groups in total. The van der Waals surface area contributed by atoms with Crippen LogP contribution in [0.5, 0.6) is 0 Å². The van der Waals surface area contributed by atoms with Crippen LogP contribution in [0.2, 0.25) is 0 Å². The van der Waals surface area contributed by atoms with Gasteiger partial charge >= 0.3 is 0 Å². The molecule has 2 aromatic carbocycles. The molecule has 32 heavy (non-hydrogen) atoms. The summed E-state index contributed by atoms with van der Waals surface area (Å²) in [5.74, 6) is -0.0476. The smallest absolute Gasteiger partial charge is 0.256 e. The van der Waals surface area contributed by atoms with Gasteiger partial charge in [-0.05, 0) is 37.0 Å². The van der Waals surface area contributed by atoms with Gasteiger partial charge in [-0.2, -0.15) is 0 Å². The van der Waals surface area contributed by atoms with E-state index < -0.39 is 0 Å². The lowest BCUT2D eigenvalue weighted by Gasteiger charge is -2.31. The first-order valence-corrected chi connectivity index (χ1v) is 10.7. The second kappa shape index (κ2) is 9.68. The molecule has 1 saturated heterocycles. The number of hydrogen-bond acceptors (Lipinski definition) is 4. The van der Waals surface area contributed by atoms with Crippen molar-refractivity contribution < 1.29 is 14.0 Å². The molecule has 1 aliphatic rings. The molecule has 0 aliphatic carbocycles. The lowest BCUT2D eigenvalue weighted by atomic mass is 9.95. The van der Waals surface area contributed by atoms with Crippen LogP contribution in [0.1, 0.15) is 34.3 Å². The highest BCUT2D eigenvalue weighted by molar-refractivity contribution is 5.94. The van der Waals surface area contributed by atoms with Crippen LogP contribution < -0.4 is 5.32 Å². The van der Waals surface area contributed by atoms with Gasteiger partial charge in [-0.25, -0.2) is 14.4 Å². The third kappa shape index (κ3) is 4.99. The summed E-state index contributed by atoms with van der Waals surface area (Å²) < 4.78 is 13.7. The fourth-order valence-electron chi connectivity index (χ4n) is 3.78. The summed E-state index contributed by atoms with van der Waals surface area (Å²) in [4.78, 5) is 35.7. The summed E-state index contributed by atoms with van der Waals surface area (Å²) in [5.41, 5.74) is 2.64. The molecule has 1 aliphatic heterocycles. The topological polar surface area (TPSA) is 75.2 Å². The first-order valence-electron chi connectivity index (χ1n) is 10.7. The minimum Gasteiger partial charge on any atom is -0.352 e. The third-order valence-electron chi connectivity index (χ3n) is 5.79. The summed E-state index contributed by atoms with van der Waals surface area (Å²) in [5, 5.41) is 2.88. The zero-order chi connectivity index (χ0) is 22.5. The number of benzene rings is 2. The first kappa shape index (κ1) is 21.6. The van der Waals surface area contributed by atoms with Crippen molar-refractivity contribution in [2.24, 2.45) is 5.92 Å². The molecule has 1 aromatic heterocycles. The summed E-state index contributed by atoms with van der Waals surface area (Å²) in [6.07, 6.45) is 4.28. The Morgan fingerprint density at radius 1 is 1.06 bits per heavy atom. The van der Waals surface area contributed by atoms with Crippen molar-refractivity contribution >= 4 is 11.8 Å². The van der Waals surface area contributed by atoms with Crippen molar-refractivity contribution in [2.75, 3.05) is 13.1 Å². The number of nitrogens with one attached hydrogen (secondary N) is 1. The Kier molecular flexibility index (Phi) is 6.54. The second-order valence-electron chi connectivity index (χ2n) is 8.03. The van der Waals surface area contributed by atoms with Crippen LogP contribution >= 0.6 is 0 Å². The van der Waals surface area contributed by atoms with Crippen molar-refractivity contribution in [3.05, 3.63) is 83.4 Å². The highest BCUT2D eigenvalue weighted by Crippen LogP contribution is 2.20. The predicted molar refractivity (Wildman–Crippen MR) is 119 cm³/mol. The number of amides is 2. The summed E-state index contributed by atoms with van der Waals surface area (Å²) in [6, 6.07) is 14.6. The Hall–Kier alpha value is -3.61. The largest absolute Gasteiger partial charge is 0.352 e. The molecule has 0 unspecified atom stereocenters. The highest BCUT2D eigenvalue weighted by atomic mass is 19.1. The quantitative estimate of drug-likeness (QED) is 0.666. The molecule has 164 valence electrons. The summed E-state index contributed by atoms with van der Waals surface area (Å²) >= 11 is 0. The number of halogens is 1. The van der Waals surface area contributed by atoms with Gasteiger partial charge in [0.25, 0.3) is 5.91 Å². The molecular formula is C25H25FN4O2. The molecule has 4 rings (SSSR count).